The number of para-hydroxylation sites is 1. The predicted octanol–water partition coefficient (Wildman–Crippen LogP) is 5.96. The maximum absolute atomic E-state index is 13.0. The number of carbonyl (C=O) groups is 1. The number of benzene rings is 3. The fraction of sp³-hybridized carbons (Fsp3) is 0.324. The van der Waals surface area contributed by atoms with E-state index >= 15 is 0 Å². The monoisotopic (exact) mass is 560 g/mol. The van der Waals surface area contributed by atoms with Crippen molar-refractivity contribution in [1.82, 2.24) is 9.80 Å². The van der Waals surface area contributed by atoms with E-state index in [1.165, 1.54) is 22.4 Å². The number of carbonyl (C=O) groups excluding carboxylic acids is 1. The molecule has 0 amide bonds. The second-order valence-electron chi connectivity index (χ2n) is 11.5. The molecule has 0 spiro atoms. The van der Waals surface area contributed by atoms with Crippen LogP contribution in [0.25, 0.3) is 5.70 Å². The number of β-amino-alcohol motifs (C(OH)–C–C–N with tert-alkyl or cyclic N) is 1. The highest BCUT2D eigenvalue weighted by molar-refractivity contribution is 5.98. The zero-order valence-corrected chi connectivity index (χ0v) is 24.2. The van der Waals surface area contributed by atoms with E-state index in [1.54, 1.807) is 0 Å². The number of rotatable bonds is 10. The van der Waals surface area contributed by atoms with Gasteiger partial charge in [-0.15, -0.1) is 0 Å². The summed E-state index contributed by atoms with van der Waals surface area (Å²) in [7, 11) is 0. The Morgan fingerprint density at radius 2 is 1.67 bits per heavy atom. The number of aliphatic hydroxyl groups excluding tert-OH is 1. The fourth-order valence-electron chi connectivity index (χ4n) is 6.43. The molecule has 0 bridgehead atoms. The van der Waals surface area contributed by atoms with Gasteiger partial charge in [-0.25, -0.2) is 0 Å². The molecule has 1 fully saturated rings. The van der Waals surface area contributed by atoms with Crippen LogP contribution < -0.4 is 4.74 Å². The second-order valence-corrected chi connectivity index (χ2v) is 11.5. The summed E-state index contributed by atoms with van der Waals surface area (Å²) in [5.74, 6) is 1.06. The van der Waals surface area contributed by atoms with Crippen LogP contribution in [0.15, 0.2) is 109 Å². The van der Waals surface area contributed by atoms with E-state index in [9.17, 15) is 9.90 Å². The van der Waals surface area contributed by atoms with Crippen molar-refractivity contribution in [3.8, 4) is 5.75 Å². The number of nitrogens with zero attached hydrogens (tertiary/aromatic N) is 2. The molecule has 1 N–H and O–H groups in total. The summed E-state index contributed by atoms with van der Waals surface area (Å²) in [4.78, 5) is 17.9. The van der Waals surface area contributed by atoms with Crippen molar-refractivity contribution < 1.29 is 14.6 Å². The molecule has 2 unspecified atom stereocenters. The molecule has 5 heteroatoms. The fourth-order valence-corrected chi connectivity index (χ4v) is 6.43. The first-order valence-corrected chi connectivity index (χ1v) is 15.3. The SMILES string of the molecule is O=C(CCc1ccccc1)c1ccccc1OCC(O)CN1CCN(C2=C3C=CC=CC3CCc3ccccc32)CC1. The van der Waals surface area contributed by atoms with Crippen molar-refractivity contribution in [2.45, 2.75) is 31.8 Å². The highest BCUT2D eigenvalue weighted by atomic mass is 16.5. The molecule has 2 atom stereocenters. The Kier molecular flexibility index (Phi) is 8.97. The van der Waals surface area contributed by atoms with E-state index in [0.29, 0.717) is 36.6 Å². The lowest BCUT2D eigenvalue weighted by Gasteiger charge is -2.39. The summed E-state index contributed by atoms with van der Waals surface area (Å²) in [5, 5.41) is 10.9. The third-order valence-electron chi connectivity index (χ3n) is 8.66. The number of hydrogen-bond donors (Lipinski definition) is 1. The molecule has 1 saturated heterocycles. The van der Waals surface area contributed by atoms with Gasteiger partial charge in [0.25, 0.3) is 0 Å². The van der Waals surface area contributed by atoms with Crippen LogP contribution in [-0.2, 0) is 12.8 Å². The van der Waals surface area contributed by atoms with Crippen LogP contribution in [0.5, 0.6) is 5.75 Å². The van der Waals surface area contributed by atoms with Crippen LogP contribution in [0.3, 0.4) is 0 Å². The Morgan fingerprint density at radius 1 is 0.905 bits per heavy atom. The average molecular weight is 561 g/mol. The summed E-state index contributed by atoms with van der Waals surface area (Å²) in [6.07, 6.45) is 11.7. The van der Waals surface area contributed by atoms with Crippen molar-refractivity contribution >= 4 is 11.5 Å². The lowest BCUT2D eigenvalue weighted by atomic mass is 9.89. The van der Waals surface area contributed by atoms with Gasteiger partial charge in [-0.3, -0.25) is 9.69 Å². The van der Waals surface area contributed by atoms with Crippen LogP contribution in [0.1, 0.15) is 39.9 Å². The summed E-state index contributed by atoms with van der Waals surface area (Å²) in [6.45, 7) is 4.31. The molecule has 0 saturated carbocycles. The van der Waals surface area contributed by atoms with E-state index < -0.39 is 6.10 Å². The van der Waals surface area contributed by atoms with Crippen LogP contribution in [-0.4, -0.2) is 66.1 Å². The Morgan fingerprint density at radius 3 is 2.52 bits per heavy atom. The molecular formula is C37H40N2O3. The van der Waals surface area contributed by atoms with Gasteiger partial charge in [0.2, 0.25) is 0 Å². The number of allylic oxidation sites excluding steroid dienone is 5. The molecule has 6 rings (SSSR count). The van der Waals surface area contributed by atoms with Gasteiger partial charge >= 0.3 is 0 Å². The lowest BCUT2D eigenvalue weighted by molar-refractivity contribution is 0.0539. The lowest BCUT2D eigenvalue weighted by Crippen LogP contribution is -2.48. The largest absolute Gasteiger partial charge is 0.490 e. The average Bonchev–Trinajstić information content (AvgIpc) is 3.21. The number of hydrogen-bond acceptors (Lipinski definition) is 5. The highest BCUT2D eigenvalue weighted by Crippen LogP contribution is 2.38. The topological polar surface area (TPSA) is 53.0 Å². The van der Waals surface area contributed by atoms with Crippen LogP contribution in [0.2, 0.25) is 0 Å². The molecule has 1 aliphatic heterocycles. The molecule has 1 heterocycles. The molecule has 3 aromatic rings. The van der Waals surface area contributed by atoms with Gasteiger partial charge in [-0.2, -0.15) is 0 Å². The van der Waals surface area contributed by atoms with Gasteiger partial charge in [0, 0.05) is 56.3 Å². The first-order valence-electron chi connectivity index (χ1n) is 15.3. The van der Waals surface area contributed by atoms with Gasteiger partial charge in [0.15, 0.2) is 5.78 Å². The highest BCUT2D eigenvalue weighted by Gasteiger charge is 2.29. The van der Waals surface area contributed by atoms with Crippen molar-refractivity contribution in [3.05, 3.63) is 131 Å². The van der Waals surface area contributed by atoms with E-state index in [4.69, 9.17) is 4.74 Å². The van der Waals surface area contributed by atoms with E-state index in [0.717, 1.165) is 44.6 Å². The number of aryl methyl sites for hydroxylation is 2. The zero-order valence-electron chi connectivity index (χ0n) is 24.2. The minimum absolute atomic E-state index is 0.0565. The predicted molar refractivity (Wildman–Crippen MR) is 169 cm³/mol. The quantitative estimate of drug-likeness (QED) is 0.310. The molecule has 3 aliphatic rings. The molecular weight excluding hydrogens is 520 g/mol. The smallest absolute Gasteiger partial charge is 0.166 e. The maximum Gasteiger partial charge on any atom is 0.166 e. The maximum atomic E-state index is 13.0. The number of ether oxygens (including phenoxy) is 1. The molecule has 0 aromatic heterocycles. The van der Waals surface area contributed by atoms with Crippen LogP contribution >= 0.6 is 0 Å². The zero-order chi connectivity index (χ0) is 28.7. The van der Waals surface area contributed by atoms with Crippen molar-refractivity contribution in [1.29, 1.82) is 0 Å². The molecule has 5 nitrogen and oxygen atoms in total. The molecule has 42 heavy (non-hydrogen) atoms. The summed E-state index contributed by atoms with van der Waals surface area (Å²) in [5.41, 5.74) is 7.34. The minimum Gasteiger partial charge on any atom is -0.490 e. The molecule has 3 aromatic carbocycles. The van der Waals surface area contributed by atoms with E-state index in [-0.39, 0.29) is 12.4 Å². The standard InChI is InChI=1S/C37H40N2O3/c40-31(27-42-36-17-9-8-16-34(36)35(41)21-18-28-10-2-1-3-11-28)26-38-22-24-39(25-23-38)37-32-14-6-4-12-29(32)19-20-30-13-5-7-15-33(30)37/h1-17,29,31,40H,18-27H2. The van der Waals surface area contributed by atoms with Gasteiger partial charge < -0.3 is 14.7 Å². The normalized spacial score (nSPS) is 19.2. The van der Waals surface area contributed by atoms with Crippen molar-refractivity contribution in [3.63, 3.8) is 0 Å². The Hall–Kier alpha value is -3.93. The Labute approximate surface area is 249 Å². The van der Waals surface area contributed by atoms with E-state index in [1.807, 2.05) is 54.6 Å². The van der Waals surface area contributed by atoms with Gasteiger partial charge in [0.05, 0.1) is 5.56 Å². The first-order chi connectivity index (χ1) is 20.7. The third kappa shape index (κ3) is 6.59. The van der Waals surface area contributed by atoms with Crippen LogP contribution in [0, 0.1) is 5.92 Å². The summed E-state index contributed by atoms with van der Waals surface area (Å²) < 4.78 is 6.01. The first kappa shape index (κ1) is 28.2. The summed E-state index contributed by atoms with van der Waals surface area (Å²) in [6, 6.07) is 26.3. The van der Waals surface area contributed by atoms with Crippen LogP contribution in [0.4, 0.5) is 0 Å². The Bertz CT molecular complexity index is 1470. The van der Waals surface area contributed by atoms with Gasteiger partial charge in [-0.05, 0) is 48.1 Å². The number of ketones is 1. The Balaban J connectivity index is 1.04. The van der Waals surface area contributed by atoms with Gasteiger partial charge in [-0.1, -0.05) is 91.0 Å². The van der Waals surface area contributed by atoms with Crippen molar-refractivity contribution in [2.24, 2.45) is 5.92 Å². The number of aliphatic hydroxyl groups is 1. The molecule has 0 radical (unpaired) electrons. The number of fused-ring (bicyclic) bond motifs is 2. The van der Waals surface area contributed by atoms with Crippen molar-refractivity contribution in [2.75, 3.05) is 39.3 Å². The minimum atomic E-state index is -0.638. The number of piperazine rings is 1. The number of Topliss-reactive ketones (excluding diaryl/α,β-unsaturated/α-hetero) is 1. The van der Waals surface area contributed by atoms with E-state index in [2.05, 4.69) is 58.4 Å². The molecule has 216 valence electrons. The third-order valence-corrected chi connectivity index (χ3v) is 8.66. The molecule has 2 aliphatic carbocycles. The second kappa shape index (κ2) is 13.4. The van der Waals surface area contributed by atoms with Gasteiger partial charge in [0.1, 0.15) is 18.5 Å². The summed E-state index contributed by atoms with van der Waals surface area (Å²) >= 11 is 0.